The van der Waals surface area contributed by atoms with Gasteiger partial charge in [-0.25, -0.2) is 4.98 Å². The number of hydrogen-bond donors (Lipinski definition) is 3. The van der Waals surface area contributed by atoms with Gasteiger partial charge < -0.3 is 16.0 Å². The van der Waals surface area contributed by atoms with E-state index in [4.69, 9.17) is 5.41 Å². The number of carbonyl (C=O) groups excluding carboxylic acids is 1. The normalized spacial score (nSPS) is 10.6. The Bertz CT molecular complexity index is 1410. The van der Waals surface area contributed by atoms with E-state index in [0.717, 1.165) is 27.9 Å². The Hall–Kier alpha value is -4.67. The Labute approximate surface area is 211 Å². The molecular formula is C26H24F3N7O. The average molecular weight is 508 g/mol. The second-order valence-electron chi connectivity index (χ2n) is 7.71. The van der Waals surface area contributed by atoms with Gasteiger partial charge in [-0.1, -0.05) is 6.07 Å². The molecule has 0 unspecified atom stereocenters. The molecule has 11 heteroatoms. The van der Waals surface area contributed by atoms with Gasteiger partial charge in [0.1, 0.15) is 5.82 Å². The quantitative estimate of drug-likeness (QED) is 0.291. The minimum absolute atomic E-state index is 0.407. The molecule has 0 aliphatic heterocycles. The SMILES string of the molecule is CC=N.CNc1cc(-c2cc(-c3cc(NC(=O)c4cc(C(F)(F)F)cnn4)ccc3C)ccn2)ccn1. The van der Waals surface area contributed by atoms with Crippen molar-refractivity contribution in [2.45, 2.75) is 20.0 Å². The summed E-state index contributed by atoms with van der Waals surface area (Å²) in [5, 5.41) is 18.5. The van der Waals surface area contributed by atoms with Gasteiger partial charge in [0.15, 0.2) is 5.69 Å². The molecule has 1 amide bonds. The minimum Gasteiger partial charge on any atom is -0.373 e. The van der Waals surface area contributed by atoms with Crippen LogP contribution in [-0.4, -0.2) is 39.3 Å². The van der Waals surface area contributed by atoms with Gasteiger partial charge in [-0.3, -0.25) is 9.78 Å². The summed E-state index contributed by atoms with van der Waals surface area (Å²) in [6.07, 6.45) is 0.578. The van der Waals surface area contributed by atoms with E-state index in [1.54, 1.807) is 38.5 Å². The molecule has 0 saturated carbocycles. The summed E-state index contributed by atoms with van der Waals surface area (Å²) in [6, 6.07) is 13.4. The largest absolute Gasteiger partial charge is 0.418 e. The Morgan fingerprint density at radius 2 is 1.70 bits per heavy atom. The van der Waals surface area contributed by atoms with E-state index in [2.05, 4.69) is 30.8 Å². The molecule has 0 fully saturated rings. The second kappa shape index (κ2) is 11.8. The number of amides is 1. The number of aromatic nitrogens is 4. The highest BCUT2D eigenvalue weighted by atomic mass is 19.4. The van der Waals surface area contributed by atoms with Gasteiger partial charge in [-0.2, -0.15) is 18.3 Å². The van der Waals surface area contributed by atoms with Gasteiger partial charge in [0.05, 0.1) is 17.5 Å². The zero-order chi connectivity index (χ0) is 27.0. The van der Waals surface area contributed by atoms with Crippen LogP contribution in [0.25, 0.3) is 22.4 Å². The van der Waals surface area contributed by atoms with Crippen molar-refractivity contribution >= 4 is 23.6 Å². The zero-order valence-electron chi connectivity index (χ0n) is 20.3. The fourth-order valence-electron chi connectivity index (χ4n) is 3.32. The lowest BCUT2D eigenvalue weighted by Crippen LogP contribution is -2.16. The van der Waals surface area contributed by atoms with Crippen molar-refractivity contribution in [2.75, 3.05) is 17.7 Å². The number of nitrogens with one attached hydrogen (secondary N) is 3. The molecule has 1 aromatic carbocycles. The van der Waals surface area contributed by atoms with Crippen LogP contribution in [-0.2, 0) is 6.18 Å². The summed E-state index contributed by atoms with van der Waals surface area (Å²) in [5.41, 5.74) is 3.19. The Kier molecular flexibility index (Phi) is 8.62. The van der Waals surface area contributed by atoms with Gasteiger partial charge in [-0.05, 0) is 79.2 Å². The standard InChI is InChI=1S/C24H19F3N6O.C2H5N/c1-14-3-4-18(32-23(34)21-11-17(13-31-33-21)24(25,26)27)12-19(14)15-5-7-29-20(9-15)16-6-8-30-22(10-16)28-2;1-2-3/h3-13H,1-2H3,(H,28,30)(H,32,34);2-3H,1H3. The van der Waals surface area contributed by atoms with Gasteiger partial charge in [0.2, 0.25) is 0 Å². The van der Waals surface area contributed by atoms with Crippen molar-refractivity contribution < 1.29 is 18.0 Å². The van der Waals surface area contributed by atoms with Crippen LogP contribution in [0.1, 0.15) is 28.5 Å². The molecule has 3 heterocycles. The van der Waals surface area contributed by atoms with E-state index in [0.29, 0.717) is 23.8 Å². The molecule has 190 valence electrons. The highest BCUT2D eigenvalue weighted by Crippen LogP contribution is 2.31. The summed E-state index contributed by atoms with van der Waals surface area (Å²) in [4.78, 5) is 21.2. The van der Waals surface area contributed by atoms with Crippen LogP contribution in [0.5, 0.6) is 0 Å². The maximum absolute atomic E-state index is 12.9. The van der Waals surface area contributed by atoms with Crippen LogP contribution in [0.15, 0.2) is 67.1 Å². The van der Waals surface area contributed by atoms with E-state index in [1.807, 2.05) is 37.3 Å². The molecule has 0 spiro atoms. The second-order valence-corrected chi connectivity index (χ2v) is 7.71. The molecule has 3 aromatic heterocycles. The first kappa shape index (κ1) is 26.9. The van der Waals surface area contributed by atoms with Crippen LogP contribution in [0.4, 0.5) is 24.7 Å². The van der Waals surface area contributed by atoms with E-state index in [9.17, 15) is 18.0 Å². The number of benzene rings is 1. The van der Waals surface area contributed by atoms with Crippen molar-refractivity contribution in [1.29, 1.82) is 5.41 Å². The monoisotopic (exact) mass is 507 g/mol. The third-order valence-corrected chi connectivity index (χ3v) is 5.09. The molecule has 0 radical (unpaired) electrons. The maximum Gasteiger partial charge on any atom is 0.418 e. The molecule has 4 rings (SSSR count). The summed E-state index contributed by atoms with van der Waals surface area (Å²) in [5.74, 6) is -0.0801. The fraction of sp³-hybridized carbons (Fsp3) is 0.154. The number of halogens is 3. The van der Waals surface area contributed by atoms with Crippen molar-refractivity contribution in [3.8, 4) is 22.4 Å². The molecule has 37 heavy (non-hydrogen) atoms. The minimum atomic E-state index is -4.62. The maximum atomic E-state index is 12.9. The van der Waals surface area contributed by atoms with Gasteiger partial charge in [-0.15, -0.1) is 5.10 Å². The summed E-state index contributed by atoms with van der Waals surface area (Å²) >= 11 is 0. The van der Waals surface area contributed by atoms with Crippen LogP contribution >= 0.6 is 0 Å². The summed E-state index contributed by atoms with van der Waals surface area (Å²) in [7, 11) is 1.78. The predicted octanol–water partition coefficient (Wildman–Crippen LogP) is 5.88. The number of rotatable bonds is 5. The average Bonchev–Trinajstić information content (AvgIpc) is 2.90. The van der Waals surface area contributed by atoms with Crippen molar-refractivity contribution in [2.24, 2.45) is 0 Å². The first-order valence-corrected chi connectivity index (χ1v) is 11.0. The first-order chi connectivity index (χ1) is 17.7. The van der Waals surface area contributed by atoms with E-state index < -0.39 is 23.3 Å². The Morgan fingerprint density at radius 3 is 2.41 bits per heavy atom. The van der Waals surface area contributed by atoms with E-state index in [-0.39, 0.29) is 0 Å². The molecule has 0 aliphatic rings. The van der Waals surface area contributed by atoms with Crippen LogP contribution in [0, 0.1) is 12.3 Å². The van der Waals surface area contributed by atoms with E-state index >= 15 is 0 Å². The highest BCUT2D eigenvalue weighted by Gasteiger charge is 2.32. The number of aryl methyl sites for hydroxylation is 1. The number of carbonyl (C=O) groups is 1. The first-order valence-electron chi connectivity index (χ1n) is 11.0. The molecule has 4 aromatic rings. The number of pyridine rings is 2. The topological polar surface area (TPSA) is 117 Å². The number of hydrogen-bond acceptors (Lipinski definition) is 7. The highest BCUT2D eigenvalue weighted by molar-refractivity contribution is 6.03. The van der Waals surface area contributed by atoms with Crippen LogP contribution < -0.4 is 10.6 Å². The lowest BCUT2D eigenvalue weighted by molar-refractivity contribution is -0.137. The third kappa shape index (κ3) is 6.94. The molecule has 0 saturated heterocycles. The molecule has 0 atom stereocenters. The summed E-state index contributed by atoms with van der Waals surface area (Å²) < 4.78 is 38.8. The third-order valence-electron chi connectivity index (χ3n) is 5.09. The molecule has 8 nitrogen and oxygen atoms in total. The molecule has 0 aliphatic carbocycles. The lowest BCUT2D eigenvalue weighted by Gasteiger charge is -2.12. The smallest absolute Gasteiger partial charge is 0.373 e. The van der Waals surface area contributed by atoms with Crippen LogP contribution in [0.2, 0.25) is 0 Å². The van der Waals surface area contributed by atoms with Crippen molar-refractivity contribution in [3.63, 3.8) is 0 Å². The fourth-order valence-corrected chi connectivity index (χ4v) is 3.32. The lowest BCUT2D eigenvalue weighted by atomic mass is 9.99. The van der Waals surface area contributed by atoms with Gasteiger partial charge in [0.25, 0.3) is 5.91 Å². The van der Waals surface area contributed by atoms with Crippen molar-refractivity contribution in [1.82, 2.24) is 20.2 Å². The van der Waals surface area contributed by atoms with E-state index in [1.165, 1.54) is 6.21 Å². The van der Waals surface area contributed by atoms with Crippen molar-refractivity contribution in [3.05, 3.63) is 83.9 Å². The predicted molar refractivity (Wildman–Crippen MR) is 137 cm³/mol. The number of nitrogens with zero attached hydrogens (tertiary/aromatic N) is 4. The molecule has 0 bridgehead atoms. The number of alkyl halides is 3. The van der Waals surface area contributed by atoms with Gasteiger partial charge >= 0.3 is 6.18 Å². The Morgan fingerprint density at radius 1 is 1.00 bits per heavy atom. The van der Waals surface area contributed by atoms with Crippen LogP contribution in [0.3, 0.4) is 0 Å². The zero-order valence-corrected chi connectivity index (χ0v) is 20.3. The number of anilines is 2. The molecule has 3 N–H and O–H groups in total. The molecular weight excluding hydrogens is 483 g/mol. The van der Waals surface area contributed by atoms with Gasteiger partial charge in [0, 0.05) is 30.7 Å². The Balaban J connectivity index is 0.00000121. The summed E-state index contributed by atoms with van der Waals surface area (Å²) in [6.45, 7) is 3.59.